The molecule has 1 aromatic heterocycles. The summed E-state index contributed by atoms with van der Waals surface area (Å²) in [6.45, 7) is 9.98. The fraction of sp³-hybridized carbons (Fsp3) is 0.323. The molecule has 0 saturated heterocycles. The Morgan fingerprint density at radius 3 is 2.15 bits per heavy atom. The van der Waals surface area contributed by atoms with Crippen molar-refractivity contribution in [2.75, 3.05) is 6.26 Å². The summed E-state index contributed by atoms with van der Waals surface area (Å²) in [7, 11) is -3.79. The van der Waals surface area contributed by atoms with Gasteiger partial charge in [-0.05, 0) is 94.1 Å². The quantitative estimate of drug-likeness (QED) is 0.290. The molecule has 0 radical (unpaired) electrons. The van der Waals surface area contributed by atoms with Gasteiger partial charge >= 0.3 is 0 Å². The number of imidazole rings is 1. The number of halogens is 2. The van der Waals surface area contributed by atoms with Gasteiger partial charge in [0.2, 0.25) is 0 Å². The predicted octanol–water partition coefficient (Wildman–Crippen LogP) is 5.88. The lowest BCUT2D eigenvalue weighted by molar-refractivity contribution is 0.0740. The highest BCUT2D eigenvalue weighted by Gasteiger charge is 2.35. The lowest BCUT2D eigenvalue weighted by atomic mass is 9.80. The summed E-state index contributed by atoms with van der Waals surface area (Å²) in [6.07, 6.45) is 2.70. The number of nitrogens with zero attached hydrogens (tertiary/aromatic N) is 2. The van der Waals surface area contributed by atoms with Crippen molar-refractivity contribution in [3.05, 3.63) is 100 Å². The minimum Gasteiger partial charge on any atom is -0.392 e. The maximum absolute atomic E-state index is 15.2. The molecular weight excluding hydrogens is 534 g/mol. The molecule has 2 N–H and O–H groups in total. The highest BCUT2D eigenvalue weighted by Crippen LogP contribution is 2.38. The highest BCUT2D eigenvalue weighted by atomic mass is 32.2. The van der Waals surface area contributed by atoms with Crippen LogP contribution in [0.5, 0.6) is 0 Å². The van der Waals surface area contributed by atoms with E-state index in [2.05, 4.69) is 0 Å². The molecular formula is C31H34F2N2O4S. The minimum absolute atomic E-state index is 0.263. The molecule has 0 atom stereocenters. The van der Waals surface area contributed by atoms with E-state index in [1.54, 1.807) is 44.3 Å². The zero-order valence-electron chi connectivity index (χ0n) is 23.7. The van der Waals surface area contributed by atoms with E-state index in [0.717, 1.165) is 17.4 Å². The van der Waals surface area contributed by atoms with Crippen molar-refractivity contribution in [1.29, 1.82) is 0 Å². The van der Waals surface area contributed by atoms with Crippen LogP contribution in [0.1, 0.15) is 61.5 Å². The van der Waals surface area contributed by atoms with Gasteiger partial charge in [-0.1, -0.05) is 18.2 Å². The monoisotopic (exact) mass is 568 g/mol. The molecule has 9 heteroatoms. The number of aliphatic hydroxyl groups is 2. The minimum atomic E-state index is -3.79. The number of sulfone groups is 1. The Kier molecular flexibility index (Phi) is 7.55. The van der Waals surface area contributed by atoms with E-state index in [0.29, 0.717) is 33.9 Å². The van der Waals surface area contributed by atoms with Crippen LogP contribution < -0.4 is 0 Å². The van der Waals surface area contributed by atoms with Crippen LogP contribution in [0.2, 0.25) is 0 Å². The maximum atomic E-state index is 15.2. The summed E-state index contributed by atoms with van der Waals surface area (Å²) in [5.74, 6) is -0.645. The Labute approximate surface area is 233 Å². The number of hydrogen-bond donors (Lipinski definition) is 2. The van der Waals surface area contributed by atoms with Crippen LogP contribution in [0.25, 0.3) is 16.8 Å². The van der Waals surface area contributed by atoms with Gasteiger partial charge < -0.3 is 14.8 Å². The second kappa shape index (κ2) is 10.2. The van der Waals surface area contributed by atoms with E-state index in [9.17, 15) is 23.0 Å². The Morgan fingerprint density at radius 2 is 1.60 bits per heavy atom. The molecule has 0 aliphatic carbocycles. The normalized spacial score (nSPS) is 12.7. The SMILES string of the molecule is Cc1cc(-c2cc(F)c(CO)c(S(C)(=O)=O)c2)ccc1-n1cc(C(C)(C)O)nc1C(C)(C)c1c(C)cccc1F. The van der Waals surface area contributed by atoms with Gasteiger partial charge in [0, 0.05) is 29.3 Å². The molecule has 6 nitrogen and oxygen atoms in total. The Balaban J connectivity index is 1.92. The first-order valence-electron chi connectivity index (χ1n) is 12.8. The van der Waals surface area contributed by atoms with Crippen molar-refractivity contribution in [3.63, 3.8) is 0 Å². The van der Waals surface area contributed by atoms with E-state index in [4.69, 9.17) is 4.98 Å². The van der Waals surface area contributed by atoms with E-state index in [-0.39, 0.29) is 16.3 Å². The fourth-order valence-corrected chi connectivity index (χ4v) is 6.15. The first-order chi connectivity index (χ1) is 18.5. The van der Waals surface area contributed by atoms with Gasteiger partial charge in [0.1, 0.15) is 23.1 Å². The first-order valence-corrected chi connectivity index (χ1v) is 14.7. The number of benzene rings is 3. The van der Waals surface area contributed by atoms with E-state index >= 15 is 4.39 Å². The number of hydrogen-bond acceptors (Lipinski definition) is 5. The molecule has 0 fully saturated rings. The zero-order chi connectivity index (χ0) is 29.8. The molecule has 4 rings (SSSR count). The molecule has 1 heterocycles. The summed E-state index contributed by atoms with van der Waals surface area (Å²) in [5.41, 5.74) is 1.63. The second-order valence-corrected chi connectivity index (χ2v) is 13.3. The summed E-state index contributed by atoms with van der Waals surface area (Å²) < 4.78 is 56.4. The lowest BCUT2D eigenvalue weighted by Crippen LogP contribution is -2.27. The average molecular weight is 569 g/mol. The molecule has 0 saturated carbocycles. The van der Waals surface area contributed by atoms with Crippen molar-refractivity contribution in [2.24, 2.45) is 0 Å². The first kappa shape index (κ1) is 29.6. The lowest BCUT2D eigenvalue weighted by Gasteiger charge is -2.28. The molecule has 212 valence electrons. The molecule has 0 bridgehead atoms. The molecule has 40 heavy (non-hydrogen) atoms. The van der Waals surface area contributed by atoms with Gasteiger partial charge in [-0.2, -0.15) is 0 Å². The fourth-order valence-electron chi connectivity index (χ4n) is 5.20. The van der Waals surface area contributed by atoms with Crippen LogP contribution in [0.15, 0.2) is 59.6 Å². The van der Waals surface area contributed by atoms with Crippen molar-refractivity contribution in [1.82, 2.24) is 9.55 Å². The van der Waals surface area contributed by atoms with Gasteiger partial charge in [0.15, 0.2) is 9.84 Å². The molecule has 0 aliphatic heterocycles. The van der Waals surface area contributed by atoms with E-state index in [1.165, 1.54) is 18.2 Å². The standard InChI is InChI=1S/C31H34F2N2O4S/c1-18-9-8-10-23(32)28(18)30(3,4)29-34-27(31(5,6)37)16-35(29)25-12-11-20(13-19(25)2)21-14-24(33)22(17-36)26(15-21)40(7,38)39/h8-16,36-37H,17H2,1-7H3. The van der Waals surface area contributed by atoms with Gasteiger partial charge in [0.25, 0.3) is 0 Å². The van der Waals surface area contributed by atoms with Crippen LogP contribution >= 0.6 is 0 Å². The van der Waals surface area contributed by atoms with E-state index in [1.807, 2.05) is 38.3 Å². The molecule has 0 spiro atoms. The smallest absolute Gasteiger partial charge is 0.176 e. The third-order valence-corrected chi connectivity index (χ3v) is 8.40. The van der Waals surface area contributed by atoms with Gasteiger partial charge in [0.05, 0.1) is 22.6 Å². The molecule has 0 unspecified atom stereocenters. The zero-order valence-corrected chi connectivity index (χ0v) is 24.5. The van der Waals surface area contributed by atoms with Gasteiger partial charge in [-0.15, -0.1) is 0 Å². The van der Waals surface area contributed by atoms with Crippen molar-refractivity contribution < 1.29 is 27.4 Å². The van der Waals surface area contributed by atoms with Crippen LogP contribution in [0, 0.1) is 25.5 Å². The highest BCUT2D eigenvalue weighted by molar-refractivity contribution is 7.90. The summed E-state index contributed by atoms with van der Waals surface area (Å²) in [4.78, 5) is 4.52. The maximum Gasteiger partial charge on any atom is 0.176 e. The third kappa shape index (κ3) is 5.33. The third-order valence-electron chi connectivity index (χ3n) is 7.24. The summed E-state index contributed by atoms with van der Waals surface area (Å²) >= 11 is 0. The van der Waals surface area contributed by atoms with Crippen molar-refractivity contribution >= 4 is 9.84 Å². The van der Waals surface area contributed by atoms with Crippen molar-refractivity contribution in [3.8, 4) is 16.8 Å². The Hall–Kier alpha value is -3.40. The molecule has 3 aromatic carbocycles. The van der Waals surface area contributed by atoms with E-state index < -0.39 is 33.3 Å². The van der Waals surface area contributed by atoms with Crippen LogP contribution in [0.3, 0.4) is 0 Å². The molecule has 0 amide bonds. The largest absolute Gasteiger partial charge is 0.392 e. The predicted molar refractivity (Wildman–Crippen MR) is 151 cm³/mol. The molecule has 4 aromatic rings. The number of aromatic nitrogens is 2. The Bertz CT molecular complexity index is 1700. The van der Waals surface area contributed by atoms with Gasteiger partial charge in [-0.25, -0.2) is 22.2 Å². The second-order valence-electron chi connectivity index (χ2n) is 11.3. The summed E-state index contributed by atoms with van der Waals surface area (Å²) in [6, 6.07) is 12.8. The van der Waals surface area contributed by atoms with Gasteiger partial charge in [-0.3, -0.25) is 0 Å². The summed E-state index contributed by atoms with van der Waals surface area (Å²) in [5, 5.41) is 20.3. The van der Waals surface area contributed by atoms with Crippen LogP contribution in [-0.4, -0.2) is 34.4 Å². The topological polar surface area (TPSA) is 92.4 Å². The number of rotatable bonds is 7. The van der Waals surface area contributed by atoms with Crippen LogP contribution in [-0.2, 0) is 27.5 Å². The number of aryl methyl sites for hydroxylation is 2. The average Bonchev–Trinajstić information content (AvgIpc) is 3.29. The Morgan fingerprint density at radius 1 is 0.925 bits per heavy atom. The van der Waals surface area contributed by atoms with Crippen molar-refractivity contribution in [2.45, 2.75) is 64.1 Å². The number of aliphatic hydroxyl groups excluding tert-OH is 1. The molecule has 0 aliphatic rings. The van der Waals surface area contributed by atoms with Crippen LogP contribution in [0.4, 0.5) is 8.78 Å².